The number of carbonyl (C=O) groups is 1. The van der Waals surface area contributed by atoms with E-state index >= 15 is 0 Å². The summed E-state index contributed by atoms with van der Waals surface area (Å²) in [6.07, 6.45) is 2.67. The molecule has 0 bridgehead atoms. The maximum Gasteiger partial charge on any atom is 0.296 e. The summed E-state index contributed by atoms with van der Waals surface area (Å²) in [6.45, 7) is 1.59. The second-order valence-corrected chi connectivity index (χ2v) is 10.7. The van der Waals surface area contributed by atoms with Crippen LogP contribution in [0.3, 0.4) is 0 Å². The van der Waals surface area contributed by atoms with Crippen LogP contribution in [-0.4, -0.2) is 43.6 Å². The smallest absolute Gasteiger partial charge is 0.296 e. The van der Waals surface area contributed by atoms with Gasteiger partial charge in [-0.1, -0.05) is 41.4 Å². The molecule has 0 saturated carbocycles. The number of sulfonamides is 1. The summed E-state index contributed by atoms with van der Waals surface area (Å²) in [5.74, 6) is -0.506. The maximum atomic E-state index is 13.4. The lowest BCUT2D eigenvalue weighted by Crippen LogP contribution is -2.30. The Morgan fingerprint density at radius 2 is 1.82 bits per heavy atom. The summed E-state index contributed by atoms with van der Waals surface area (Å²) in [7, 11) is -2.85. The maximum absolute atomic E-state index is 13.4. The minimum Gasteiger partial charge on any atom is -0.340 e. The summed E-state index contributed by atoms with van der Waals surface area (Å²) in [5, 5.41) is -0.505. The number of fused-ring (bicyclic) bond motifs is 1. The largest absolute Gasteiger partial charge is 0.340 e. The highest BCUT2D eigenvalue weighted by molar-refractivity contribution is 7.92. The first-order valence-corrected chi connectivity index (χ1v) is 13.4. The van der Waals surface area contributed by atoms with Crippen molar-refractivity contribution >= 4 is 61.8 Å². The van der Waals surface area contributed by atoms with Gasteiger partial charge >= 0.3 is 0 Å². The summed E-state index contributed by atoms with van der Waals surface area (Å²) >= 11 is 12.4. The molecule has 5 rings (SSSR count). The molecule has 0 atom stereocenters. The molecule has 5 aromatic rings. The quantitative estimate of drug-likeness (QED) is 0.210. The summed E-state index contributed by atoms with van der Waals surface area (Å²) in [6, 6.07) is 11.0. The molecule has 0 fully saturated rings. The lowest BCUT2D eigenvalue weighted by Gasteiger charge is -2.13. The Morgan fingerprint density at radius 3 is 2.56 bits per heavy atom. The number of benzene rings is 2. The second kappa shape index (κ2) is 10.1. The molecule has 13 nitrogen and oxygen atoms in total. The van der Waals surface area contributed by atoms with E-state index in [1.807, 2.05) is 0 Å². The number of anilines is 2. The zero-order valence-corrected chi connectivity index (χ0v) is 22.6. The average molecular weight is 588 g/mol. The van der Waals surface area contributed by atoms with Crippen LogP contribution < -0.4 is 21.1 Å². The van der Waals surface area contributed by atoms with Gasteiger partial charge in [-0.3, -0.25) is 29.8 Å². The fourth-order valence-corrected chi connectivity index (χ4v) is 5.74. The van der Waals surface area contributed by atoms with Gasteiger partial charge in [0.1, 0.15) is 22.4 Å². The van der Waals surface area contributed by atoms with E-state index in [9.17, 15) is 18.0 Å². The first-order valence-electron chi connectivity index (χ1n) is 11.1. The van der Waals surface area contributed by atoms with Crippen molar-refractivity contribution in [2.75, 3.05) is 10.1 Å². The highest BCUT2D eigenvalue weighted by Gasteiger charge is 2.27. The Morgan fingerprint density at radius 1 is 1.08 bits per heavy atom. The molecule has 16 heteroatoms. The van der Waals surface area contributed by atoms with Crippen molar-refractivity contribution < 1.29 is 13.2 Å². The normalized spacial score (nSPS) is 11.5. The number of para-hydroxylation sites is 1. The van der Waals surface area contributed by atoms with Crippen LogP contribution in [-0.2, 0) is 17.1 Å². The molecule has 3 heterocycles. The van der Waals surface area contributed by atoms with E-state index in [0.29, 0.717) is 22.5 Å². The van der Waals surface area contributed by atoms with Crippen molar-refractivity contribution in [3.8, 4) is 5.69 Å². The molecule has 0 aliphatic rings. The second-order valence-electron chi connectivity index (χ2n) is 8.21. The van der Waals surface area contributed by atoms with Crippen LogP contribution in [0.15, 0.2) is 64.8 Å². The van der Waals surface area contributed by atoms with Gasteiger partial charge in [-0.2, -0.15) is 0 Å². The molecular formula is C23H19Cl2N9O4S. The van der Waals surface area contributed by atoms with E-state index in [0.717, 1.165) is 6.07 Å². The number of rotatable bonds is 7. The van der Waals surface area contributed by atoms with Crippen LogP contribution in [0.1, 0.15) is 16.1 Å². The van der Waals surface area contributed by atoms with Crippen LogP contribution in [0.5, 0.6) is 0 Å². The third-order valence-corrected chi connectivity index (χ3v) is 8.14. The van der Waals surface area contributed by atoms with Crippen molar-refractivity contribution in [2.24, 2.45) is 7.05 Å². The lowest BCUT2D eigenvalue weighted by molar-refractivity contribution is 0.0962. The predicted molar refractivity (Wildman–Crippen MR) is 146 cm³/mol. The van der Waals surface area contributed by atoms with E-state index < -0.39 is 26.4 Å². The molecule has 0 radical (unpaired) electrons. The summed E-state index contributed by atoms with van der Waals surface area (Å²) in [4.78, 5) is 40.5. The molecule has 0 saturated heterocycles. The SMILES string of the molecule is Cc1c(NS(=O)(=O)c2cc(C(=O)NNc3ncnc4nc[nH]c34)cc(Cl)c2Cl)c(=O)n(-c2ccccc2)n1C. The first-order chi connectivity index (χ1) is 18.6. The van der Waals surface area contributed by atoms with Gasteiger partial charge in [0, 0.05) is 12.6 Å². The van der Waals surface area contributed by atoms with Crippen LogP contribution in [0.25, 0.3) is 16.9 Å². The van der Waals surface area contributed by atoms with Crippen molar-refractivity contribution in [3.63, 3.8) is 0 Å². The molecule has 3 aromatic heterocycles. The van der Waals surface area contributed by atoms with Gasteiger partial charge in [-0.15, -0.1) is 0 Å². The number of aromatic amines is 1. The number of amides is 1. The molecule has 200 valence electrons. The van der Waals surface area contributed by atoms with E-state index in [4.69, 9.17) is 23.2 Å². The average Bonchev–Trinajstić information content (AvgIpc) is 3.48. The van der Waals surface area contributed by atoms with Crippen molar-refractivity contribution in [1.82, 2.24) is 34.7 Å². The molecule has 4 N–H and O–H groups in total. The number of imidazole rings is 1. The van der Waals surface area contributed by atoms with E-state index in [1.165, 1.54) is 28.1 Å². The topological polar surface area (TPSA) is 169 Å². The Balaban J connectivity index is 1.45. The fourth-order valence-electron chi connectivity index (χ4n) is 3.81. The summed E-state index contributed by atoms with van der Waals surface area (Å²) in [5.41, 5.74) is 5.86. The van der Waals surface area contributed by atoms with Crippen LogP contribution in [0.2, 0.25) is 10.0 Å². The number of halogens is 2. The van der Waals surface area contributed by atoms with Gasteiger partial charge in [0.25, 0.3) is 21.5 Å². The van der Waals surface area contributed by atoms with E-state index in [1.54, 1.807) is 44.3 Å². The Labute approximate surface area is 230 Å². The van der Waals surface area contributed by atoms with Gasteiger partial charge in [0.2, 0.25) is 0 Å². The zero-order valence-electron chi connectivity index (χ0n) is 20.2. The van der Waals surface area contributed by atoms with E-state index in [-0.39, 0.29) is 27.1 Å². The molecule has 2 aromatic carbocycles. The third-order valence-electron chi connectivity index (χ3n) is 5.85. The number of hydrogen-bond acceptors (Lipinski definition) is 8. The summed E-state index contributed by atoms with van der Waals surface area (Å²) < 4.78 is 32.0. The third kappa shape index (κ3) is 4.80. The number of aromatic nitrogens is 6. The molecule has 0 aliphatic carbocycles. The Kier molecular flexibility index (Phi) is 6.76. The molecule has 0 unspecified atom stereocenters. The minimum atomic E-state index is -4.47. The Bertz CT molecular complexity index is 1900. The van der Waals surface area contributed by atoms with Gasteiger partial charge < -0.3 is 4.98 Å². The molecule has 39 heavy (non-hydrogen) atoms. The molecule has 1 amide bonds. The lowest BCUT2D eigenvalue weighted by atomic mass is 10.2. The van der Waals surface area contributed by atoms with Gasteiger partial charge in [0.15, 0.2) is 11.5 Å². The number of nitrogens with zero attached hydrogens (tertiary/aromatic N) is 5. The highest BCUT2D eigenvalue weighted by Crippen LogP contribution is 2.32. The van der Waals surface area contributed by atoms with Crippen LogP contribution >= 0.6 is 23.2 Å². The van der Waals surface area contributed by atoms with Crippen molar-refractivity contribution in [2.45, 2.75) is 11.8 Å². The van der Waals surface area contributed by atoms with E-state index in [2.05, 4.69) is 35.5 Å². The standard InChI is InChI=1S/C23H19Cl2N9O4S/c1-12-18(23(36)34(33(12)2)14-6-4-3-5-7-14)32-39(37,38)16-9-13(8-15(24)17(16)25)22(35)31-30-21-19-20(27-10-26-19)28-11-29-21/h3-11,32H,1-2H3,(H,31,35)(H2,26,27,28,29,30). The highest BCUT2D eigenvalue weighted by atomic mass is 35.5. The molecule has 0 spiro atoms. The number of carbonyl (C=O) groups excluding carboxylic acids is 1. The number of nitrogens with one attached hydrogen (secondary N) is 4. The monoisotopic (exact) mass is 587 g/mol. The van der Waals surface area contributed by atoms with Gasteiger partial charge in [-0.05, 0) is 31.2 Å². The van der Waals surface area contributed by atoms with Gasteiger partial charge in [-0.25, -0.2) is 28.1 Å². The first kappa shape index (κ1) is 26.2. The van der Waals surface area contributed by atoms with Crippen molar-refractivity contribution in [3.05, 3.63) is 86.8 Å². The number of hydrogen-bond donors (Lipinski definition) is 4. The van der Waals surface area contributed by atoms with Crippen LogP contribution in [0.4, 0.5) is 11.5 Å². The molecule has 0 aliphatic heterocycles. The van der Waals surface area contributed by atoms with Crippen molar-refractivity contribution in [1.29, 1.82) is 0 Å². The number of H-pyrrole nitrogens is 1. The Hall–Kier alpha value is -4.40. The predicted octanol–water partition coefficient (Wildman–Crippen LogP) is 3.02. The fraction of sp³-hybridized carbons (Fsp3) is 0.0870. The number of hydrazine groups is 1. The molecular weight excluding hydrogens is 569 g/mol. The minimum absolute atomic E-state index is 0.126. The van der Waals surface area contributed by atoms with Crippen LogP contribution in [0, 0.1) is 6.92 Å². The zero-order chi connectivity index (χ0) is 27.9. The van der Waals surface area contributed by atoms with Gasteiger partial charge in [0.05, 0.1) is 27.8 Å².